The van der Waals surface area contributed by atoms with Crippen molar-refractivity contribution < 1.29 is 14.7 Å². The van der Waals surface area contributed by atoms with Crippen LogP contribution in [0, 0.1) is 17.8 Å². The van der Waals surface area contributed by atoms with Gasteiger partial charge in [-0.25, -0.2) is 0 Å². The Hall–Kier alpha value is -1.84. The Morgan fingerprint density at radius 1 is 1.18 bits per heavy atom. The van der Waals surface area contributed by atoms with Crippen molar-refractivity contribution in [3.05, 3.63) is 35.9 Å². The van der Waals surface area contributed by atoms with Crippen LogP contribution in [0.2, 0.25) is 0 Å². The lowest BCUT2D eigenvalue weighted by Crippen LogP contribution is -2.31. The van der Waals surface area contributed by atoms with Crippen molar-refractivity contribution in [2.75, 3.05) is 13.1 Å². The number of likely N-dealkylation sites (tertiary alicyclic amines) is 1. The van der Waals surface area contributed by atoms with E-state index in [1.165, 1.54) is 0 Å². The lowest BCUT2D eigenvalue weighted by atomic mass is 9.89. The molecule has 3 atom stereocenters. The molecule has 120 valence electrons. The molecule has 4 heteroatoms. The van der Waals surface area contributed by atoms with E-state index in [1.54, 1.807) is 4.90 Å². The lowest BCUT2D eigenvalue weighted by molar-refractivity contribution is -0.141. The van der Waals surface area contributed by atoms with Crippen LogP contribution < -0.4 is 0 Å². The summed E-state index contributed by atoms with van der Waals surface area (Å²) >= 11 is 0. The standard InChI is InChI=1S/C18H25NO3/c1-12(2)13(3)9-17(20)19-10-15(16(11-19)18(21)22)14-7-5-4-6-8-14/h4-8,12-13,15-16H,9-11H2,1-3H3,(H,21,22)/t13?,15-,16-/m0/s1. The fourth-order valence-electron chi connectivity index (χ4n) is 2.94. The van der Waals surface area contributed by atoms with E-state index in [-0.39, 0.29) is 11.8 Å². The van der Waals surface area contributed by atoms with Gasteiger partial charge in [-0.15, -0.1) is 0 Å². The maximum atomic E-state index is 12.4. The summed E-state index contributed by atoms with van der Waals surface area (Å²) < 4.78 is 0. The monoisotopic (exact) mass is 303 g/mol. The Labute approximate surface area is 132 Å². The minimum Gasteiger partial charge on any atom is -0.481 e. The molecule has 0 saturated carbocycles. The average molecular weight is 303 g/mol. The second-order valence-electron chi connectivity index (χ2n) is 6.69. The minimum absolute atomic E-state index is 0.0749. The molecule has 1 N–H and O–H groups in total. The number of carbonyl (C=O) groups is 2. The highest BCUT2D eigenvalue weighted by atomic mass is 16.4. The SMILES string of the molecule is CC(C)C(C)CC(=O)N1C[C@H](C(=O)O)[C@H](c2ccccc2)C1. The molecule has 1 aromatic rings. The minimum atomic E-state index is -0.818. The molecular formula is C18H25NO3. The molecule has 1 aliphatic rings. The van der Waals surface area contributed by atoms with Gasteiger partial charge < -0.3 is 10.0 Å². The number of carbonyl (C=O) groups excluding carboxylic acids is 1. The molecule has 1 amide bonds. The van der Waals surface area contributed by atoms with Gasteiger partial charge in [-0.2, -0.15) is 0 Å². The topological polar surface area (TPSA) is 57.6 Å². The zero-order valence-electron chi connectivity index (χ0n) is 13.5. The highest BCUT2D eigenvalue weighted by molar-refractivity contribution is 5.79. The van der Waals surface area contributed by atoms with Crippen LogP contribution in [0.3, 0.4) is 0 Å². The Morgan fingerprint density at radius 2 is 1.82 bits per heavy atom. The molecular weight excluding hydrogens is 278 g/mol. The predicted octanol–water partition coefficient (Wildman–Crippen LogP) is 3.00. The zero-order valence-corrected chi connectivity index (χ0v) is 13.5. The number of hydrogen-bond donors (Lipinski definition) is 1. The van der Waals surface area contributed by atoms with Crippen LogP contribution in [0.4, 0.5) is 0 Å². The summed E-state index contributed by atoms with van der Waals surface area (Å²) in [6, 6.07) is 9.65. The summed E-state index contributed by atoms with van der Waals surface area (Å²) in [5.74, 6) is -0.608. The smallest absolute Gasteiger partial charge is 0.308 e. The third-order valence-electron chi connectivity index (χ3n) is 4.85. The Balaban J connectivity index is 2.11. The van der Waals surface area contributed by atoms with Gasteiger partial charge in [0.1, 0.15) is 0 Å². The Morgan fingerprint density at radius 3 is 2.36 bits per heavy atom. The maximum absolute atomic E-state index is 12.4. The second-order valence-corrected chi connectivity index (χ2v) is 6.69. The number of aliphatic carboxylic acids is 1. The van der Waals surface area contributed by atoms with Crippen molar-refractivity contribution in [2.24, 2.45) is 17.8 Å². The van der Waals surface area contributed by atoms with Crippen molar-refractivity contribution in [2.45, 2.75) is 33.1 Å². The van der Waals surface area contributed by atoms with Crippen molar-refractivity contribution in [1.82, 2.24) is 4.90 Å². The van der Waals surface area contributed by atoms with Gasteiger partial charge in [-0.1, -0.05) is 51.1 Å². The molecule has 1 aliphatic heterocycles. The van der Waals surface area contributed by atoms with Crippen LogP contribution in [-0.4, -0.2) is 35.0 Å². The second kappa shape index (κ2) is 6.95. The Kier molecular flexibility index (Phi) is 5.22. The van der Waals surface area contributed by atoms with E-state index in [0.717, 1.165) is 5.56 Å². The number of nitrogens with zero attached hydrogens (tertiary/aromatic N) is 1. The van der Waals surface area contributed by atoms with Crippen LogP contribution in [0.1, 0.15) is 38.7 Å². The van der Waals surface area contributed by atoms with Crippen LogP contribution in [0.15, 0.2) is 30.3 Å². The van der Waals surface area contributed by atoms with Crippen molar-refractivity contribution in [3.63, 3.8) is 0 Å². The first-order chi connectivity index (χ1) is 10.4. The number of carboxylic acids is 1. The fourth-order valence-corrected chi connectivity index (χ4v) is 2.94. The first-order valence-corrected chi connectivity index (χ1v) is 7.95. The quantitative estimate of drug-likeness (QED) is 0.909. The highest BCUT2D eigenvalue weighted by Crippen LogP contribution is 2.33. The Bertz CT molecular complexity index is 526. The van der Waals surface area contributed by atoms with Gasteiger partial charge in [0.05, 0.1) is 5.92 Å². The number of hydrogen-bond acceptors (Lipinski definition) is 2. The van der Waals surface area contributed by atoms with E-state index in [1.807, 2.05) is 30.3 Å². The number of carboxylic acid groups (broad SMARTS) is 1. The molecule has 1 fully saturated rings. The van der Waals surface area contributed by atoms with Gasteiger partial charge in [-0.3, -0.25) is 9.59 Å². The number of rotatable bonds is 5. The van der Waals surface area contributed by atoms with Crippen LogP contribution in [0.25, 0.3) is 0 Å². The normalized spacial score (nSPS) is 22.8. The van der Waals surface area contributed by atoms with E-state index >= 15 is 0 Å². The lowest BCUT2D eigenvalue weighted by Gasteiger charge is -2.21. The van der Waals surface area contributed by atoms with Crippen LogP contribution in [-0.2, 0) is 9.59 Å². The van der Waals surface area contributed by atoms with E-state index in [0.29, 0.717) is 31.3 Å². The largest absolute Gasteiger partial charge is 0.481 e. The summed E-state index contributed by atoms with van der Waals surface area (Å²) in [6.07, 6.45) is 0.492. The van der Waals surface area contributed by atoms with Gasteiger partial charge in [0, 0.05) is 25.4 Å². The maximum Gasteiger partial charge on any atom is 0.308 e. The average Bonchev–Trinajstić information content (AvgIpc) is 2.93. The van der Waals surface area contributed by atoms with Gasteiger partial charge in [0.2, 0.25) is 5.91 Å². The third-order valence-corrected chi connectivity index (χ3v) is 4.85. The molecule has 22 heavy (non-hydrogen) atoms. The summed E-state index contributed by atoms with van der Waals surface area (Å²) in [5.41, 5.74) is 1.00. The first-order valence-electron chi connectivity index (χ1n) is 7.95. The predicted molar refractivity (Wildman–Crippen MR) is 85.5 cm³/mol. The van der Waals surface area contributed by atoms with Crippen molar-refractivity contribution >= 4 is 11.9 Å². The molecule has 1 heterocycles. The third kappa shape index (κ3) is 3.67. The van der Waals surface area contributed by atoms with Gasteiger partial charge in [0.15, 0.2) is 0 Å². The van der Waals surface area contributed by atoms with Crippen molar-refractivity contribution in [3.8, 4) is 0 Å². The van der Waals surface area contributed by atoms with Crippen molar-refractivity contribution in [1.29, 1.82) is 0 Å². The van der Waals surface area contributed by atoms with Gasteiger partial charge in [0.25, 0.3) is 0 Å². The van der Waals surface area contributed by atoms with E-state index in [9.17, 15) is 14.7 Å². The number of benzene rings is 1. The first kappa shape index (κ1) is 16.5. The molecule has 0 spiro atoms. The molecule has 1 saturated heterocycles. The van der Waals surface area contributed by atoms with Gasteiger partial charge in [-0.05, 0) is 17.4 Å². The summed E-state index contributed by atoms with van der Waals surface area (Å²) in [5, 5.41) is 9.48. The summed E-state index contributed by atoms with van der Waals surface area (Å²) in [6.45, 7) is 7.11. The molecule has 2 rings (SSSR count). The van der Waals surface area contributed by atoms with E-state index < -0.39 is 11.9 Å². The summed E-state index contributed by atoms with van der Waals surface area (Å²) in [4.78, 5) is 25.7. The van der Waals surface area contributed by atoms with Crippen LogP contribution in [0.5, 0.6) is 0 Å². The summed E-state index contributed by atoms with van der Waals surface area (Å²) in [7, 11) is 0. The van der Waals surface area contributed by atoms with E-state index in [4.69, 9.17) is 0 Å². The molecule has 1 unspecified atom stereocenters. The van der Waals surface area contributed by atoms with E-state index in [2.05, 4.69) is 20.8 Å². The molecule has 0 aromatic heterocycles. The molecule has 0 bridgehead atoms. The molecule has 1 aromatic carbocycles. The van der Waals surface area contributed by atoms with Crippen LogP contribution >= 0.6 is 0 Å². The molecule has 4 nitrogen and oxygen atoms in total. The molecule has 0 aliphatic carbocycles. The molecule has 0 radical (unpaired) electrons. The number of amides is 1. The van der Waals surface area contributed by atoms with Gasteiger partial charge >= 0.3 is 5.97 Å². The fraction of sp³-hybridized carbons (Fsp3) is 0.556. The highest BCUT2D eigenvalue weighted by Gasteiger charge is 2.40. The zero-order chi connectivity index (χ0) is 16.3.